The molecule has 0 saturated carbocycles. The number of carbonyl (C=O) groups excluding carboxylic acids is 3. The van der Waals surface area contributed by atoms with Crippen molar-refractivity contribution in [3.63, 3.8) is 0 Å². The number of hydrogen-bond donors (Lipinski definition) is 1. The molecule has 25 heavy (non-hydrogen) atoms. The van der Waals surface area contributed by atoms with Crippen LogP contribution in [0.2, 0.25) is 0 Å². The standard InChI is InChI=1S/C19H19NO5/c1-13-5-3-8-17(9-13)24-12-19(23)25-11-18(22)20-16-7-4-6-15(10-16)14(2)21/h3-10H,11-12H2,1-2H3,(H,20,22). The van der Waals surface area contributed by atoms with Crippen LogP contribution in [0.25, 0.3) is 0 Å². The molecule has 0 radical (unpaired) electrons. The highest BCUT2D eigenvalue weighted by molar-refractivity contribution is 5.97. The van der Waals surface area contributed by atoms with Crippen LogP contribution in [-0.4, -0.2) is 30.9 Å². The molecule has 0 atom stereocenters. The molecule has 0 unspecified atom stereocenters. The first-order chi connectivity index (χ1) is 11.9. The molecule has 0 aliphatic carbocycles. The van der Waals surface area contributed by atoms with E-state index in [0.29, 0.717) is 17.0 Å². The van der Waals surface area contributed by atoms with E-state index in [2.05, 4.69) is 5.32 Å². The van der Waals surface area contributed by atoms with Crippen molar-refractivity contribution in [2.45, 2.75) is 13.8 Å². The number of benzene rings is 2. The predicted molar refractivity (Wildman–Crippen MR) is 92.7 cm³/mol. The van der Waals surface area contributed by atoms with Crippen molar-refractivity contribution >= 4 is 23.3 Å². The summed E-state index contributed by atoms with van der Waals surface area (Å²) in [6, 6.07) is 13.8. The second-order valence-corrected chi connectivity index (χ2v) is 5.45. The molecule has 0 aliphatic rings. The lowest BCUT2D eigenvalue weighted by molar-refractivity contribution is -0.149. The number of aryl methyl sites for hydroxylation is 1. The SMILES string of the molecule is CC(=O)c1cccc(NC(=O)COC(=O)COc2cccc(C)c2)c1. The van der Waals surface area contributed by atoms with Gasteiger partial charge >= 0.3 is 5.97 Å². The van der Waals surface area contributed by atoms with E-state index in [0.717, 1.165) is 5.56 Å². The van der Waals surface area contributed by atoms with Crippen LogP contribution in [0.5, 0.6) is 5.75 Å². The van der Waals surface area contributed by atoms with E-state index in [9.17, 15) is 14.4 Å². The van der Waals surface area contributed by atoms with Crippen LogP contribution in [0.1, 0.15) is 22.8 Å². The van der Waals surface area contributed by atoms with E-state index >= 15 is 0 Å². The zero-order valence-corrected chi connectivity index (χ0v) is 14.1. The number of ether oxygens (including phenoxy) is 2. The van der Waals surface area contributed by atoms with E-state index in [1.54, 1.807) is 36.4 Å². The fourth-order valence-corrected chi connectivity index (χ4v) is 2.05. The van der Waals surface area contributed by atoms with Crippen molar-refractivity contribution in [1.82, 2.24) is 0 Å². The third kappa shape index (κ3) is 6.10. The number of carbonyl (C=O) groups is 3. The number of amides is 1. The zero-order chi connectivity index (χ0) is 18.2. The topological polar surface area (TPSA) is 81.7 Å². The van der Waals surface area contributed by atoms with Crippen molar-refractivity contribution in [3.05, 3.63) is 59.7 Å². The summed E-state index contributed by atoms with van der Waals surface area (Å²) in [5.74, 6) is -0.683. The molecule has 6 heteroatoms. The van der Waals surface area contributed by atoms with Crippen LogP contribution in [0.4, 0.5) is 5.69 Å². The van der Waals surface area contributed by atoms with Crippen molar-refractivity contribution in [1.29, 1.82) is 0 Å². The zero-order valence-electron chi connectivity index (χ0n) is 14.1. The van der Waals surface area contributed by atoms with Crippen LogP contribution < -0.4 is 10.1 Å². The van der Waals surface area contributed by atoms with Gasteiger partial charge in [-0.25, -0.2) is 4.79 Å². The van der Waals surface area contributed by atoms with Gasteiger partial charge in [0.1, 0.15) is 5.75 Å². The molecule has 1 amide bonds. The maximum atomic E-state index is 11.8. The van der Waals surface area contributed by atoms with E-state index in [-0.39, 0.29) is 12.4 Å². The van der Waals surface area contributed by atoms with Crippen LogP contribution in [0.15, 0.2) is 48.5 Å². The average Bonchev–Trinajstić information content (AvgIpc) is 2.58. The molecule has 0 spiro atoms. The molecule has 0 aromatic heterocycles. The van der Waals surface area contributed by atoms with E-state index in [1.807, 2.05) is 19.1 Å². The first-order valence-electron chi connectivity index (χ1n) is 7.70. The summed E-state index contributed by atoms with van der Waals surface area (Å²) in [6.07, 6.45) is 0. The second-order valence-electron chi connectivity index (χ2n) is 5.45. The third-order valence-electron chi connectivity index (χ3n) is 3.26. The Morgan fingerprint density at radius 1 is 1.00 bits per heavy atom. The number of Topliss-reactive ketones (excluding diaryl/α,β-unsaturated/α-hetero) is 1. The molecule has 0 aliphatic heterocycles. The van der Waals surface area contributed by atoms with E-state index < -0.39 is 18.5 Å². The van der Waals surface area contributed by atoms with E-state index in [4.69, 9.17) is 9.47 Å². The highest BCUT2D eigenvalue weighted by Gasteiger charge is 2.10. The molecule has 1 N–H and O–H groups in total. The van der Waals surface area contributed by atoms with Gasteiger partial charge in [0.05, 0.1) is 0 Å². The summed E-state index contributed by atoms with van der Waals surface area (Å²) < 4.78 is 10.2. The summed E-state index contributed by atoms with van der Waals surface area (Å²) in [7, 11) is 0. The fraction of sp³-hybridized carbons (Fsp3) is 0.211. The predicted octanol–water partition coefficient (Wildman–Crippen LogP) is 2.76. The summed E-state index contributed by atoms with van der Waals surface area (Å²) in [6.45, 7) is 2.64. The van der Waals surface area contributed by atoms with Crippen LogP contribution in [0.3, 0.4) is 0 Å². The molecule has 2 rings (SSSR count). The number of anilines is 1. The van der Waals surface area contributed by atoms with Gasteiger partial charge < -0.3 is 14.8 Å². The Hall–Kier alpha value is -3.15. The first-order valence-corrected chi connectivity index (χ1v) is 7.70. The highest BCUT2D eigenvalue weighted by Crippen LogP contribution is 2.12. The Morgan fingerprint density at radius 3 is 2.48 bits per heavy atom. The van der Waals surface area contributed by atoms with Crippen molar-refractivity contribution in [2.75, 3.05) is 18.5 Å². The van der Waals surface area contributed by atoms with Crippen molar-refractivity contribution < 1.29 is 23.9 Å². The molecule has 2 aromatic carbocycles. The Kier molecular flexibility index (Phi) is 6.28. The van der Waals surface area contributed by atoms with Gasteiger partial charge in [0.15, 0.2) is 19.0 Å². The van der Waals surface area contributed by atoms with Gasteiger partial charge in [0.25, 0.3) is 5.91 Å². The number of hydrogen-bond acceptors (Lipinski definition) is 5. The van der Waals surface area contributed by atoms with Crippen molar-refractivity contribution in [2.24, 2.45) is 0 Å². The minimum Gasteiger partial charge on any atom is -0.482 e. The summed E-state index contributed by atoms with van der Waals surface area (Å²) in [4.78, 5) is 34.7. The smallest absolute Gasteiger partial charge is 0.344 e. The molecule has 6 nitrogen and oxygen atoms in total. The van der Waals surface area contributed by atoms with Gasteiger partial charge in [0.2, 0.25) is 0 Å². The van der Waals surface area contributed by atoms with Crippen LogP contribution >= 0.6 is 0 Å². The monoisotopic (exact) mass is 341 g/mol. The Labute approximate surface area is 145 Å². The minimum atomic E-state index is -0.644. The highest BCUT2D eigenvalue weighted by atomic mass is 16.6. The maximum Gasteiger partial charge on any atom is 0.344 e. The lowest BCUT2D eigenvalue weighted by Gasteiger charge is -2.08. The third-order valence-corrected chi connectivity index (χ3v) is 3.26. The Balaban J connectivity index is 1.76. The summed E-state index contributed by atoms with van der Waals surface area (Å²) in [5, 5.41) is 2.56. The minimum absolute atomic E-state index is 0.101. The maximum absolute atomic E-state index is 11.8. The number of rotatable bonds is 7. The molecule has 0 saturated heterocycles. The lowest BCUT2D eigenvalue weighted by atomic mass is 10.1. The van der Waals surface area contributed by atoms with Gasteiger partial charge in [-0.1, -0.05) is 24.3 Å². The summed E-state index contributed by atoms with van der Waals surface area (Å²) in [5.41, 5.74) is 1.96. The van der Waals surface area contributed by atoms with Gasteiger partial charge in [0, 0.05) is 11.3 Å². The summed E-state index contributed by atoms with van der Waals surface area (Å²) >= 11 is 0. The van der Waals surface area contributed by atoms with Gasteiger partial charge in [-0.05, 0) is 43.7 Å². The van der Waals surface area contributed by atoms with E-state index in [1.165, 1.54) is 6.92 Å². The largest absolute Gasteiger partial charge is 0.482 e. The number of nitrogens with one attached hydrogen (secondary N) is 1. The first kappa shape index (κ1) is 18.2. The second kappa shape index (κ2) is 8.63. The van der Waals surface area contributed by atoms with Gasteiger partial charge in [-0.3, -0.25) is 9.59 Å². The van der Waals surface area contributed by atoms with Crippen LogP contribution in [-0.2, 0) is 14.3 Å². The number of ketones is 1. The van der Waals surface area contributed by atoms with Gasteiger partial charge in [-0.15, -0.1) is 0 Å². The molecule has 2 aromatic rings. The Morgan fingerprint density at radius 2 is 1.76 bits per heavy atom. The average molecular weight is 341 g/mol. The lowest BCUT2D eigenvalue weighted by Crippen LogP contribution is -2.23. The molecule has 0 heterocycles. The Bertz CT molecular complexity index is 785. The molecular formula is C19H19NO5. The quantitative estimate of drug-likeness (QED) is 0.618. The normalized spacial score (nSPS) is 10.0. The molecule has 130 valence electrons. The van der Waals surface area contributed by atoms with Gasteiger partial charge in [-0.2, -0.15) is 0 Å². The molecular weight excluding hydrogens is 322 g/mol. The fourth-order valence-electron chi connectivity index (χ4n) is 2.05. The molecule has 0 fully saturated rings. The van der Waals surface area contributed by atoms with Crippen molar-refractivity contribution in [3.8, 4) is 5.75 Å². The van der Waals surface area contributed by atoms with Crippen LogP contribution in [0, 0.1) is 6.92 Å². The molecule has 0 bridgehead atoms. The number of esters is 1.